The Kier molecular flexibility index (Phi) is 3.24. The molecule has 0 heterocycles. The Morgan fingerprint density at radius 1 is 0.650 bits per heavy atom. The number of hydrogen-bond donors (Lipinski definition) is 2. The number of benzene rings is 2. The van der Waals surface area contributed by atoms with E-state index in [0.717, 1.165) is 11.1 Å². The molecular formula is C18H24O2. The van der Waals surface area contributed by atoms with Crippen LogP contribution in [-0.4, -0.2) is 10.2 Å². The summed E-state index contributed by atoms with van der Waals surface area (Å²) >= 11 is 0. The van der Waals surface area contributed by atoms with Crippen molar-refractivity contribution in [1.29, 1.82) is 0 Å². The van der Waals surface area contributed by atoms with Crippen LogP contribution in [-0.2, 0) is 10.8 Å². The lowest BCUT2D eigenvalue weighted by atomic mass is 9.73. The van der Waals surface area contributed by atoms with Gasteiger partial charge in [0.15, 0.2) is 0 Å². The SMILES string of the molecule is CC(C)(C)c1c(C(C)(C)C)c(O)c2ccccc2c1O. The first kappa shape index (κ1) is 14.7. The number of hydrogen-bond acceptors (Lipinski definition) is 2. The van der Waals surface area contributed by atoms with E-state index in [1.165, 1.54) is 0 Å². The van der Waals surface area contributed by atoms with Gasteiger partial charge in [-0.1, -0.05) is 65.8 Å². The molecule has 0 spiro atoms. The van der Waals surface area contributed by atoms with Crippen molar-refractivity contribution in [3.8, 4) is 11.5 Å². The first-order chi connectivity index (χ1) is 9.05. The second-order valence-electron chi connectivity index (χ2n) is 7.49. The van der Waals surface area contributed by atoms with Crippen LogP contribution in [0.2, 0.25) is 0 Å². The van der Waals surface area contributed by atoms with Crippen LogP contribution in [0.5, 0.6) is 11.5 Å². The molecule has 0 unspecified atom stereocenters. The van der Waals surface area contributed by atoms with Crippen LogP contribution in [0, 0.1) is 0 Å². The summed E-state index contributed by atoms with van der Waals surface area (Å²) < 4.78 is 0. The molecule has 0 atom stereocenters. The molecule has 0 saturated heterocycles. The Hall–Kier alpha value is -1.70. The van der Waals surface area contributed by atoms with E-state index in [4.69, 9.17) is 0 Å². The van der Waals surface area contributed by atoms with E-state index in [2.05, 4.69) is 41.5 Å². The number of phenols is 2. The smallest absolute Gasteiger partial charge is 0.127 e. The average molecular weight is 272 g/mol. The maximum absolute atomic E-state index is 10.7. The topological polar surface area (TPSA) is 40.5 Å². The number of aromatic hydroxyl groups is 2. The van der Waals surface area contributed by atoms with Gasteiger partial charge in [0.2, 0.25) is 0 Å². The predicted molar refractivity (Wildman–Crippen MR) is 84.7 cm³/mol. The van der Waals surface area contributed by atoms with Crippen molar-refractivity contribution in [1.82, 2.24) is 0 Å². The molecule has 0 radical (unpaired) electrons. The monoisotopic (exact) mass is 272 g/mol. The standard InChI is InChI=1S/C18H24O2/c1-17(2,3)13-14(18(4,5)6)16(20)12-10-8-7-9-11(12)15(13)19/h7-10,19-20H,1-6H3. The van der Waals surface area contributed by atoms with Gasteiger partial charge in [0, 0.05) is 21.9 Å². The summed E-state index contributed by atoms with van der Waals surface area (Å²) in [6, 6.07) is 7.47. The highest BCUT2D eigenvalue weighted by molar-refractivity contribution is 5.96. The summed E-state index contributed by atoms with van der Waals surface area (Å²) in [5.74, 6) is 0.576. The molecular weight excluding hydrogens is 248 g/mol. The Labute approximate surface area is 121 Å². The Morgan fingerprint density at radius 3 is 1.20 bits per heavy atom. The summed E-state index contributed by atoms with van der Waals surface area (Å²) in [4.78, 5) is 0. The molecule has 0 aliphatic heterocycles. The molecule has 0 aliphatic carbocycles. The van der Waals surface area contributed by atoms with Crippen LogP contribution in [0.3, 0.4) is 0 Å². The lowest BCUT2D eigenvalue weighted by Gasteiger charge is -2.32. The number of fused-ring (bicyclic) bond motifs is 1. The molecule has 2 aromatic rings. The van der Waals surface area contributed by atoms with Crippen molar-refractivity contribution in [2.24, 2.45) is 0 Å². The molecule has 0 fully saturated rings. The summed E-state index contributed by atoms with van der Waals surface area (Å²) in [7, 11) is 0. The molecule has 0 aromatic heterocycles. The maximum Gasteiger partial charge on any atom is 0.127 e. The molecule has 0 saturated carbocycles. The van der Waals surface area contributed by atoms with Crippen LogP contribution in [0.15, 0.2) is 24.3 Å². The summed E-state index contributed by atoms with van der Waals surface area (Å²) in [5.41, 5.74) is 1.19. The van der Waals surface area contributed by atoms with E-state index in [0.29, 0.717) is 10.8 Å². The van der Waals surface area contributed by atoms with Crippen LogP contribution in [0.4, 0.5) is 0 Å². The highest BCUT2D eigenvalue weighted by Gasteiger charge is 2.32. The van der Waals surface area contributed by atoms with Gasteiger partial charge in [-0.05, 0) is 10.8 Å². The summed E-state index contributed by atoms with van der Waals surface area (Å²) in [5, 5.41) is 22.9. The number of rotatable bonds is 0. The van der Waals surface area contributed by atoms with Crippen LogP contribution in [0.25, 0.3) is 10.8 Å². The first-order valence-electron chi connectivity index (χ1n) is 7.02. The fraction of sp³-hybridized carbons (Fsp3) is 0.444. The minimum atomic E-state index is -0.242. The average Bonchev–Trinajstić information content (AvgIpc) is 2.30. The van der Waals surface area contributed by atoms with Crippen LogP contribution < -0.4 is 0 Å². The van der Waals surface area contributed by atoms with Gasteiger partial charge in [0.05, 0.1) is 0 Å². The third-order valence-electron chi connectivity index (χ3n) is 3.66. The Morgan fingerprint density at radius 2 is 0.950 bits per heavy atom. The van der Waals surface area contributed by atoms with Gasteiger partial charge in [0.25, 0.3) is 0 Å². The van der Waals surface area contributed by atoms with Crippen molar-refractivity contribution in [3.63, 3.8) is 0 Å². The second kappa shape index (κ2) is 4.41. The lowest BCUT2D eigenvalue weighted by Crippen LogP contribution is -2.22. The van der Waals surface area contributed by atoms with Crippen LogP contribution >= 0.6 is 0 Å². The molecule has 2 N–H and O–H groups in total. The molecule has 0 bridgehead atoms. The van der Waals surface area contributed by atoms with Crippen molar-refractivity contribution < 1.29 is 10.2 Å². The highest BCUT2D eigenvalue weighted by Crippen LogP contribution is 2.48. The zero-order valence-electron chi connectivity index (χ0n) is 13.2. The van der Waals surface area contributed by atoms with E-state index < -0.39 is 0 Å². The second-order valence-corrected chi connectivity index (χ2v) is 7.49. The first-order valence-corrected chi connectivity index (χ1v) is 7.02. The lowest BCUT2D eigenvalue weighted by molar-refractivity contribution is 0.417. The zero-order valence-corrected chi connectivity index (χ0v) is 13.2. The third kappa shape index (κ3) is 2.24. The van der Waals surface area contributed by atoms with Gasteiger partial charge in [-0.25, -0.2) is 0 Å². The van der Waals surface area contributed by atoms with Crippen molar-refractivity contribution in [2.45, 2.75) is 52.4 Å². The number of phenolic OH excluding ortho intramolecular Hbond substituents is 2. The van der Waals surface area contributed by atoms with Crippen LogP contribution in [0.1, 0.15) is 52.7 Å². The van der Waals surface area contributed by atoms with Gasteiger partial charge in [-0.15, -0.1) is 0 Å². The molecule has 2 nitrogen and oxygen atoms in total. The van der Waals surface area contributed by atoms with E-state index >= 15 is 0 Å². The van der Waals surface area contributed by atoms with Gasteiger partial charge in [-0.3, -0.25) is 0 Å². The minimum absolute atomic E-state index is 0.242. The van der Waals surface area contributed by atoms with Crippen molar-refractivity contribution in [3.05, 3.63) is 35.4 Å². The van der Waals surface area contributed by atoms with Gasteiger partial charge in [-0.2, -0.15) is 0 Å². The molecule has 2 aromatic carbocycles. The molecule has 20 heavy (non-hydrogen) atoms. The summed E-state index contributed by atoms with van der Waals surface area (Å²) in [6.45, 7) is 12.4. The van der Waals surface area contributed by atoms with E-state index in [1.807, 2.05) is 24.3 Å². The largest absolute Gasteiger partial charge is 0.507 e. The normalized spacial score (nSPS) is 12.9. The third-order valence-corrected chi connectivity index (χ3v) is 3.66. The predicted octanol–water partition coefficient (Wildman–Crippen LogP) is 4.85. The molecule has 0 aliphatic rings. The van der Waals surface area contributed by atoms with Gasteiger partial charge >= 0.3 is 0 Å². The Bertz CT molecular complexity index is 597. The fourth-order valence-corrected chi connectivity index (χ4v) is 2.86. The van der Waals surface area contributed by atoms with Crippen molar-refractivity contribution in [2.75, 3.05) is 0 Å². The van der Waals surface area contributed by atoms with Gasteiger partial charge in [0.1, 0.15) is 11.5 Å². The van der Waals surface area contributed by atoms with Crippen molar-refractivity contribution >= 4 is 10.8 Å². The highest BCUT2D eigenvalue weighted by atomic mass is 16.3. The molecule has 2 heteroatoms. The molecule has 2 rings (SSSR count). The molecule has 108 valence electrons. The Balaban J connectivity index is 3.06. The van der Waals surface area contributed by atoms with E-state index in [9.17, 15) is 10.2 Å². The minimum Gasteiger partial charge on any atom is -0.507 e. The fourth-order valence-electron chi connectivity index (χ4n) is 2.86. The van der Waals surface area contributed by atoms with E-state index in [-0.39, 0.29) is 22.3 Å². The van der Waals surface area contributed by atoms with Gasteiger partial charge < -0.3 is 10.2 Å². The molecule has 0 amide bonds. The van der Waals surface area contributed by atoms with E-state index in [1.54, 1.807) is 0 Å². The zero-order chi connectivity index (χ0) is 15.3. The maximum atomic E-state index is 10.7. The summed E-state index contributed by atoms with van der Waals surface area (Å²) in [6.07, 6.45) is 0. The quantitative estimate of drug-likeness (QED) is 0.673.